The lowest BCUT2D eigenvalue weighted by molar-refractivity contribution is 0.166. The molecule has 0 saturated carbocycles. The summed E-state index contributed by atoms with van der Waals surface area (Å²) in [6.45, 7) is 2.40. The van der Waals surface area contributed by atoms with Crippen molar-refractivity contribution in [1.82, 2.24) is 0 Å². The first-order valence-electron chi connectivity index (χ1n) is 7.15. The molecule has 0 aromatic heterocycles. The van der Waals surface area contributed by atoms with Crippen LogP contribution in [0.5, 0.6) is 0 Å². The van der Waals surface area contributed by atoms with Crippen molar-refractivity contribution in [1.29, 1.82) is 0 Å². The van der Waals surface area contributed by atoms with E-state index in [2.05, 4.69) is 19.1 Å². The van der Waals surface area contributed by atoms with E-state index in [0.717, 1.165) is 44.1 Å². The number of rotatable bonds is 9. The topological polar surface area (TPSA) is 40.5 Å². The average Bonchev–Trinajstić information content (AvgIpc) is 2.39. The molecule has 18 heavy (non-hydrogen) atoms. The van der Waals surface area contributed by atoms with Crippen LogP contribution >= 0.6 is 0 Å². The van der Waals surface area contributed by atoms with Crippen molar-refractivity contribution in [3.8, 4) is 0 Å². The van der Waals surface area contributed by atoms with E-state index in [9.17, 15) is 5.11 Å². The number of hydrogen-bond acceptors (Lipinski definition) is 2. The third-order valence-corrected chi connectivity index (χ3v) is 3.27. The lowest BCUT2D eigenvalue weighted by atomic mass is 9.99. The SMILES string of the molecule is CCCC(O)c1cccc(CCCCCCO)c1. The summed E-state index contributed by atoms with van der Waals surface area (Å²) in [6.07, 6.45) is 6.94. The standard InChI is InChI=1S/C16H26O2/c1-2-8-16(18)15-11-7-10-14(13-15)9-5-3-4-6-12-17/h7,10-11,13,16-18H,2-6,8-9,12H2,1H3. The summed E-state index contributed by atoms with van der Waals surface area (Å²) in [7, 11) is 0. The fourth-order valence-electron chi connectivity index (χ4n) is 2.19. The van der Waals surface area contributed by atoms with E-state index in [-0.39, 0.29) is 6.10 Å². The maximum Gasteiger partial charge on any atom is 0.0790 e. The van der Waals surface area contributed by atoms with Crippen LogP contribution in [0, 0.1) is 0 Å². The third kappa shape index (κ3) is 5.65. The third-order valence-electron chi connectivity index (χ3n) is 3.27. The second kappa shape index (κ2) is 9.12. The number of hydrogen-bond donors (Lipinski definition) is 2. The molecule has 0 radical (unpaired) electrons. The first-order chi connectivity index (χ1) is 8.77. The van der Waals surface area contributed by atoms with Gasteiger partial charge in [0.25, 0.3) is 0 Å². The lowest BCUT2D eigenvalue weighted by Gasteiger charge is -2.11. The summed E-state index contributed by atoms with van der Waals surface area (Å²) in [4.78, 5) is 0. The van der Waals surface area contributed by atoms with Gasteiger partial charge in [0.15, 0.2) is 0 Å². The molecule has 0 bridgehead atoms. The quantitative estimate of drug-likeness (QED) is 0.657. The summed E-state index contributed by atoms with van der Waals surface area (Å²) in [6, 6.07) is 8.31. The predicted octanol–water partition coefficient (Wildman–Crippen LogP) is 3.62. The first kappa shape index (κ1) is 15.2. The molecule has 1 aromatic rings. The smallest absolute Gasteiger partial charge is 0.0790 e. The first-order valence-corrected chi connectivity index (χ1v) is 7.15. The largest absolute Gasteiger partial charge is 0.396 e. The number of benzene rings is 1. The highest BCUT2D eigenvalue weighted by atomic mass is 16.3. The van der Waals surface area contributed by atoms with Crippen molar-refractivity contribution in [2.75, 3.05) is 6.61 Å². The van der Waals surface area contributed by atoms with Crippen molar-refractivity contribution in [2.24, 2.45) is 0 Å². The molecule has 2 nitrogen and oxygen atoms in total. The van der Waals surface area contributed by atoms with Crippen LogP contribution in [0.25, 0.3) is 0 Å². The molecule has 102 valence electrons. The Hall–Kier alpha value is -0.860. The zero-order valence-corrected chi connectivity index (χ0v) is 11.4. The van der Waals surface area contributed by atoms with Gasteiger partial charge in [-0.05, 0) is 36.8 Å². The average molecular weight is 250 g/mol. The molecule has 1 unspecified atom stereocenters. The number of unbranched alkanes of at least 4 members (excludes halogenated alkanes) is 3. The summed E-state index contributed by atoms with van der Waals surface area (Å²) < 4.78 is 0. The van der Waals surface area contributed by atoms with Crippen molar-refractivity contribution < 1.29 is 10.2 Å². The van der Waals surface area contributed by atoms with Gasteiger partial charge in [0, 0.05) is 6.61 Å². The Bertz CT molecular complexity index is 323. The Kier molecular flexibility index (Phi) is 7.70. The second-order valence-electron chi connectivity index (χ2n) is 4.94. The van der Waals surface area contributed by atoms with Gasteiger partial charge >= 0.3 is 0 Å². The molecule has 0 heterocycles. The molecule has 0 aliphatic heterocycles. The second-order valence-corrected chi connectivity index (χ2v) is 4.94. The molecular formula is C16H26O2. The summed E-state index contributed by atoms with van der Waals surface area (Å²) >= 11 is 0. The van der Waals surface area contributed by atoms with Crippen LogP contribution in [0.3, 0.4) is 0 Å². The minimum Gasteiger partial charge on any atom is -0.396 e. The molecule has 0 saturated heterocycles. The fraction of sp³-hybridized carbons (Fsp3) is 0.625. The number of aliphatic hydroxyl groups excluding tert-OH is 2. The highest BCUT2D eigenvalue weighted by Gasteiger charge is 2.06. The normalized spacial score (nSPS) is 12.6. The van der Waals surface area contributed by atoms with Gasteiger partial charge in [-0.15, -0.1) is 0 Å². The summed E-state index contributed by atoms with van der Waals surface area (Å²) in [5.74, 6) is 0. The Morgan fingerprint density at radius 3 is 2.61 bits per heavy atom. The van der Waals surface area contributed by atoms with Gasteiger partial charge in [-0.1, -0.05) is 50.5 Å². The van der Waals surface area contributed by atoms with E-state index in [1.54, 1.807) is 0 Å². The van der Waals surface area contributed by atoms with Gasteiger partial charge in [0.2, 0.25) is 0 Å². The monoisotopic (exact) mass is 250 g/mol. The van der Waals surface area contributed by atoms with Gasteiger partial charge in [-0.3, -0.25) is 0 Å². The highest BCUT2D eigenvalue weighted by molar-refractivity contribution is 5.25. The molecule has 1 aromatic carbocycles. The van der Waals surface area contributed by atoms with E-state index in [1.807, 2.05) is 12.1 Å². The summed E-state index contributed by atoms with van der Waals surface area (Å²) in [5.41, 5.74) is 2.36. The molecular weight excluding hydrogens is 224 g/mol. The van der Waals surface area contributed by atoms with Crippen molar-refractivity contribution >= 4 is 0 Å². The van der Waals surface area contributed by atoms with Crippen LogP contribution < -0.4 is 0 Å². The lowest BCUT2D eigenvalue weighted by Crippen LogP contribution is -1.98. The highest BCUT2D eigenvalue weighted by Crippen LogP contribution is 2.20. The van der Waals surface area contributed by atoms with Gasteiger partial charge in [0.05, 0.1) is 6.10 Å². The molecule has 1 rings (SSSR count). The number of aryl methyl sites for hydroxylation is 1. The van der Waals surface area contributed by atoms with Gasteiger partial charge in [-0.2, -0.15) is 0 Å². The van der Waals surface area contributed by atoms with E-state index in [4.69, 9.17) is 5.11 Å². The molecule has 2 N–H and O–H groups in total. The molecule has 1 atom stereocenters. The Morgan fingerprint density at radius 2 is 1.89 bits per heavy atom. The maximum absolute atomic E-state index is 9.96. The van der Waals surface area contributed by atoms with Gasteiger partial charge < -0.3 is 10.2 Å². The molecule has 0 spiro atoms. The van der Waals surface area contributed by atoms with Crippen molar-refractivity contribution in [2.45, 2.75) is 58.0 Å². The fourth-order valence-corrected chi connectivity index (χ4v) is 2.19. The van der Waals surface area contributed by atoms with E-state index in [0.29, 0.717) is 6.61 Å². The minimum absolute atomic E-state index is 0.304. The minimum atomic E-state index is -0.315. The molecule has 0 aliphatic carbocycles. The zero-order chi connectivity index (χ0) is 13.2. The Balaban J connectivity index is 2.39. The predicted molar refractivity (Wildman–Crippen MR) is 75.6 cm³/mol. The van der Waals surface area contributed by atoms with E-state index < -0.39 is 0 Å². The Morgan fingerprint density at radius 1 is 1.11 bits per heavy atom. The van der Waals surface area contributed by atoms with E-state index >= 15 is 0 Å². The number of aliphatic hydroxyl groups is 2. The zero-order valence-electron chi connectivity index (χ0n) is 11.4. The van der Waals surface area contributed by atoms with Crippen LogP contribution in [-0.4, -0.2) is 16.8 Å². The van der Waals surface area contributed by atoms with Crippen molar-refractivity contribution in [3.63, 3.8) is 0 Å². The Labute approximate surface area is 111 Å². The van der Waals surface area contributed by atoms with Crippen LogP contribution in [0.1, 0.15) is 62.7 Å². The van der Waals surface area contributed by atoms with Gasteiger partial charge in [-0.25, -0.2) is 0 Å². The van der Waals surface area contributed by atoms with Crippen LogP contribution in [-0.2, 0) is 6.42 Å². The van der Waals surface area contributed by atoms with Crippen molar-refractivity contribution in [3.05, 3.63) is 35.4 Å². The maximum atomic E-state index is 9.96. The summed E-state index contributed by atoms with van der Waals surface area (Å²) in [5, 5.41) is 18.7. The van der Waals surface area contributed by atoms with Crippen LogP contribution in [0.4, 0.5) is 0 Å². The van der Waals surface area contributed by atoms with Crippen LogP contribution in [0.15, 0.2) is 24.3 Å². The van der Waals surface area contributed by atoms with Crippen LogP contribution in [0.2, 0.25) is 0 Å². The molecule has 0 aliphatic rings. The molecule has 0 amide bonds. The van der Waals surface area contributed by atoms with Gasteiger partial charge in [0.1, 0.15) is 0 Å². The molecule has 2 heteroatoms. The van der Waals surface area contributed by atoms with E-state index in [1.165, 1.54) is 12.0 Å². The molecule has 0 fully saturated rings.